The molecule has 1 amide bonds. The number of furan rings is 1. The van der Waals surface area contributed by atoms with Crippen molar-refractivity contribution >= 4 is 5.91 Å². The summed E-state index contributed by atoms with van der Waals surface area (Å²) in [6.07, 6.45) is 3.67. The Kier molecular flexibility index (Phi) is 4.01. The maximum Gasteiger partial charge on any atom is 0.289 e. The molecule has 0 spiro atoms. The lowest BCUT2D eigenvalue weighted by molar-refractivity contribution is 0.0465. The molecule has 3 aromatic rings. The zero-order valence-electron chi connectivity index (χ0n) is 14.0. The van der Waals surface area contributed by atoms with Crippen LogP contribution >= 0.6 is 0 Å². The fourth-order valence-electron chi connectivity index (χ4n) is 2.93. The van der Waals surface area contributed by atoms with Crippen LogP contribution in [-0.2, 0) is 6.61 Å². The Hall–Kier alpha value is -3.02. The molecule has 1 fully saturated rings. The number of amides is 1. The Morgan fingerprint density at radius 1 is 1.28 bits per heavy atom. The molecule has 1 aliphatic heterocycles. The summed E-state index contributed by atoms with van der Waals surface area (Å²) < 4.78 is 13.3. The van der Waals surface area contributed by atoms with Crippen molar-refractivity contribution in [3.05, 3.63) is 71.9 Å². The second kappa shape index (κ2) is 6.47. The molecule has 0 aliphatic carbocycles. The van der Waals surface area contributed by atoms with E-state index in [0.717, 1.165) is 11.3 Å². The van der Waals surface area contributed by atoms with Crippen molar-refractivity contribution in [3.8, 4) is 5.75 Å². The predicted octanol–water partition coefficient (Wildman–Crippen LogP) is 3.06. The summed E-state index contributed by atoms with van der Waals surface area (Å²) in [4.78, 5) is 14.4. The molecule has 0 unspecified atom stereocenters. The van der Waals surface area contributed by atoms with Gasteiger partial charge in [-0.2, -0.15) is 5.10 Å². The van der Waals surface area contributed by atoms with E-state index in [9.17, 15) is 4.79 Å². The highest BCUT2D eigenvalue weighted by Gasteiger charge is 2.34. The predicted molar refractivity (Wildman–Crippen MR) is 91.4 cm³/mol. The molecule has 1 saturated heterocycles. The topological polar surface area (TPSA) is 60.5 Å². The molecule has 0 radical (unpaired) electrons. The summed E-state index contributed by atoms with van der Waals surface area (Å²) in [5, 5.41) is 4.22. The monoisotopic (exact) mass is 337 g/mol. The lowest BCUT2D eigenvalue weighted by Gasteiger charge is -2.38. The first-order valence-corrected chi connectivity index (χ1v) is 8.26. The first-order valence-electron chi connectivity index (χ1n) is 8.26. The number of rotatable bonds is 5. The van der Waals surface area contributed by atoms with Gasteiger partial charge in [0.05, 0.1) is 6.04 Å². The largest absolute Gasteiger partial charge is 0.486 e. The average Bonchev–Trinajstić information content (AvgIpc) is 3.22. The lowest BCUT2D eigenvalue weighted by Crippen LogP contribution is -2.50. The van der Waals surface area contributed by atoms with Crippen LogP contribution in [0.15, 0.2) is 59.3 Å². The van der Waals surface area contributed by atoms with E-state index in [1.165, 1.54) is 0 Å². The molecular weight excluding hydrogens is 318 g/mol. The molecule has 128 valence electrons. The number of aromatic nitrogens is 2. The molecule has 0 atom stereocenters. The molecule has 1 aromatic carbocycles. The Morgan fingerprint density at radius 2 is 2.08 bits per heavy atom. The fraction of sp³-hybridized carbons (Fsp3) is 0.263. The van der Waals surface area contributed by atoms with Crippen molar-refractivity contribution in [2.45, 2.75) is 19.6 Å². The standard InChI is InChI=1S/C19H19N3O3/c1-14-10-17(13-24-16-6-3-2-4-7-16)25-18(14)19(23)21-11-15(12-21)22-9-5-8-20-22/h2-10,15H,11-13H2,1H3. The number of aryl methyl sites for hydroxylation is 1. The Balaban J connectivity index is 1.38. The van der Waals surface area contributed by atoms with E-state index in [1.807, 2.05) is 60.3 Å². The maximum atomic E-state index is 12.6. The molecule has 25 heavy (non-hydrogen) atoms. The van der Waals surface area contributed by atoms with Crippen molar-refractivity contribution in [1.82, 2.24) is 14.7 Å². The number of likely N-dealkylation sites (tertiary alicyclic amines) is 1. The van der Waals surface area contributed by atoms with Crippen LogP contribution in [0.3, 0.4) is 0 Å². The van der Waals surface area contributed by atoms with Crippen LogP contribution in [0.5, 0.6) is 5.75 Å². The second-order valence-corrected chi connectivity index (χ2v) is 6.18. The van der Waals surface area contributed by atoms with Gasteiger partial charge >= 0.3 is 0 Å². The van der Waals surface area contributed by atoms with Crippen LogP contribution in [0.25, 0.3) is 0 Å². The molecule has 2 aromatic heterocycles. The second-order valence-electron chi connectivity index (χ2n) is 6.18. The summed E-state index contributed by atoms with van der Waals surface area (Å²) in [5.41, 5.74) is 0.833. The van der Waals surface area contributed by atoms with Crippen molar-refractivity contribution in [3.63, 3.8) is 0 Å². The van der Waals surface area contributed by atoms with Gasteiger partial charge < -0.3 is 14.1 Å². The summed E-state index contributed by atoms with van der Waals surface area (Å²) in [5.74, 6) is 1.74. The lowest BCUT2D eigenvalue weighted by atomic mass is 10.1. The number of para-hydroxylation sites is 1. The molecule has 0 N–H and O–H groups in total. The quantitative estimate of drug-likeness (QED) is 0.718. The van der Waals surface area contributed by atoms with Gasteiger partial charge in [0, 0.05) is 31.0 Å². The van der Waals surface area contributed by atoms with Gasteiger partial charge in [0.1, 0.15) is 18.1 Å². The molecule has 1 aliphatic rings. The molecule has 3 heterocycles. The molecule has 4 rings (SSSR count). The van der Waals surface area contributed by atoms with Gasteiger partial charge in [-0.05, 0) is 31.2 Å². The Bertz CT molecular complexity index is 849. The Labute approximate surface area is 145 Å². The van der Waals surface area contributed by atoms with Gasteiger partial charge in [-0.15, -0.1) is 0 Å². The number of nitrogens with zero attached hydrogens (tertiary/aromatic N) is 3. The van der Waals surface area contributed by atoms with Gasteiger partial charge in [-0.1, -0.05) is 18.2 Å². The zero-order chi connectivity index (χ0) is 17.2. The Morgan fingerprint density at radius 3 is 2.80 bits per heavy atom. The summed E-state index contributed by atoms with van der Waals surface area (Å²) in [6.45, 7) is 3.48. The number of carbonyl (C=O) groups is 1. The number of benzene rings is 1. The molecule has 6 heteroatoms. The third kappa shape index (κ3) is 3.15. The molecule has 6 nitrogen and oxygen atoms in total. The van der Waals surface area contributed by atoms with E-state index >= 15 is 0 Å². The van der Waals surface area contributed by atoms with Crippen molar-refractivity contribution in [2.24, 2.45) is 0 Å². The normalized spacial score (nSPS) is 14.4. The van der Waals surface area contributed by atoms with E-state index in [1.54, 1.807) is 11.1 Å². The first kappa shape index (κ1) is 15.5. The number of carbonyl (C=O) groups excluding carboxylic acids is 1. The molecular formula is C19H19N3O3. The highest BCUT2D eigenvalue weighted by Crippen LogP contribution is 2.25. The van der Waals surface area contributed by atoms with E-state index in [0.29, 0.717) is 31.2 Å². The highest BCUT2D eigenvalue weighted by molar-refractivity contribution is 5.93. The minimum absolute atomic E-state index is 0.0770. The minimum Gasteiger partial charge on any atom is -0.486 e. The number of hydrogen-bond donors (Lipinski definition) is 0. The average molecular weight is 337 g/mol. The van der Waals surface area contributed by atoms with Crippen LogP contribution in [0, 0.1) is 6.92 Å². The van der Waals surface area contributed by atoms with E-state index in [4.69, 9.17) is 9.15 Å². The van der Waals surface area contributed by atoms with E-state index < -0.39 is 0 Å². The smallest absolute Gasteiger partial charge is 0.289 e. The summed E-state index contributed by atoms with van der Waals surface area (Å²) in [6, 6.07) is 13.5. The van der Waals surface area contributed by atoms with Crippen LogP contribution < -0.4 is 4.74 Å². The maximum absolute atomic E-state index is 12.6. The molecule has 0 saturated carbocycles. The van der Waals surface area contributed by atoms with Crippen LogP contribution in [0.2, 0.25) is 0 Å². The van der Waals surface area contributed by atoms with Crippen molar-refractivity contribution in [1.29, 1.82) is 0 Å². The van der Waals surface area contributed by atoms with Crippen molar-refractivity contribution < 1.29 is 13.9 Å². The van der Waals surface area contributed by atoms with E-state index in [-0.39, 0.29) is 11.9 Å². The van der Waals surface area contributed by atoms with Gasteiger partial charge in [-0.25, -0.2) is 0 Å². The van der Waals surface area contributed by atoms with E-state index in [2.05, 4.69) is 5.10 Å². The van der Waals surface area contributed by atoms with Crippen LogP contribution in [0.1, 0.15) is 27.9 Å². The summed E-state index contributed by atoms with van der Waals surface area (Å²) >= 11 is 0. The van der Waals surface area contributed by atoms with Gasteiger partial charge in [0.25, 0.3) is 5.91 Å². The molecule has 0 bridgehead atoms. The summed E-state index contributed by atoms with van der Waals surface area (Å²) in [7, 11) is 0. The minimum atomic E-state index is -0.0770. The SMILES string of the molecule is Cc1cc(COc2ccccc2)oc1C(=O)N1CC(n2cccn2)C1. The third-order valence-electron chi connectivity index (χ3n) is 4.34. The van der Waals surface area contributed by atoms with Crippen LogP contribution in [-0.4, -0.2) is 33.7 Å². The third-order valence-corrected chi connectivity index (χ3v) is 4.34. The number of ether oxygens (including phenoxy) is 1. The van der Waals surface area contributed by atoms with Gasteiger partial charge in [0.15, 0.2) is 5.76 Å². The zero-order valence-corrected chi connectivity index (χ0v) is 14.0. The number of hydrogen-bond acceptors (Lipinski definition) is 4. The fourth-order valence-corrected chi connectivity index (χ4v) is 2.93. The highest BCUT2D eigenvalue weighted by atomic mass is 16.5. The van der Waals surface area contributed by atoms with Gasteiger partial charge in [-0.3, -0.25) is 9.48 Å². The van der Waals surface area contributed by atoms with Crippen molar-refractivity contribution in [2.75, 3.05) is 13.1 Å². The van der Waals surface area contributed by atoms with Crippen LogP contribution in [0.4, 0.5) is 0 Å². The first-order chi connectivity index (χ1) is 12.2. The van der Waals surface area contributed by atoms with Gasteiger partial charge in [0.2, 0.25) is 0 Å².